The molecule has 0 bridgehead atoms. The summed E-state index contributed by atoms with van der Waals surface area (Å²) in [6.07, 6.45) is 0.699. The van der Waals surface area contributed by atoms with Crippen molar-refractivity contribution in [3.05, 3.63) is 53.6 Å². The molecule has 0 aliphatic carbocycles. The maximum Gasteiger partial charge on any atom is 0.262 e. The number of carbonyl (C=O) groups is 2. The number of aldehydes is 1. The Balaban J connectivity index is 1.92. The summed E-state index contributed by atoms with van der Waals surface area (Å²) in [6, 6.07) is 12.1. The average molecular weight is 284 g/mol. The van der Waals surface area contributed by atoms with Gasteiger partial charge in [-0.05, 0) is 37.3 Å². The molecule has 5 heteroatoms. The zero-order valence-electron chi connectivity index (χ0n) is 11.6. The number of rotatable bonds is 5. The van der Waals surface area contributed by atoms with Crippen LogP contribution in [0.15, 0.2) is 42.5 Å². The van der Waals surface area contributed by atoms with Gasteiger partial charge in [0, 0.05) is 11.3 Å². The summed E-state index contributed by atoms with van der Waals surface area (Å²) in [4.78, 5) is 22.4. The van der Waals surface area contributed by atoms with E-state index in [1.807, 2.05) is 31.2 Å². The van der Waals surface area contributed by atoms with Crippen LogP contribution in [0, 0.1) is 6.92 Å². The molecule has 2 aromatic carbocycles. The van der Waals surface area contributed by atoms with E-state index in [1.54, 1.807) is 12.1 Å². The minimum absolute atomic E-state index is 0.154. The first-order valence-electron chi connectivity index (χ1n) is 6.42. The number of anilines is 2. The number of ether oxygens (including phenoxy) is 1. The van der Waals surface area contributed by atoms with Gasteiger partial charge in [0.2, 0.25) is 0 Å². The smallest absolute Gasteiger partial charge is 0.262 e. The Morgan fingerprint density at radius 3 is 2.57 bits per heavy atom. The van der Waals surface area contributed by atoms with Gasteiger partial charge in [-0.25, -0.2) is 0 Å². The van der Waals surface area contributed by atoms with Crippen molar-refractivity contribution in [1.29, 1.82) is 0 Å². The molecule has 0 atom stereocenters. The lowest BCUT2D eigenvalue weighted by atomic mass is 10.2. The molecule has 3 N–H and O–H groups in total. The molecule has 0 aliphatic rings. The summed E-state index contributed by atoms with van der Waals surface area (Å²) in [5, 5.41) is 2.72. The molecule has 2 rings (SSSR count). The largest absolute Gasteiger partial charge is 0.482 e. The van der Waals surface area contributed by atoms with Crippen LogP contribution < -0.4 is 15.8 Å². The number of amides is 1. The quantitative estimate of drug-likeness (QED) is 0.652. The number of nitrogens with two attached hydrogens (primary N) is 1. The Labute approximate surface area is 122 Å². The van der Waals surface area contributed by atoms with E-state index in [2.05, 4.69) is 5.32 Å². The fourth-order valence-electron chi connectivity index (χ4n) is 1.75. The van der Waals surface area contributed by atoms with E-state index in [4.69, 9.17) is 10.5 Å². The minimum atomic E-state index is -0.280. The van der Waals surface area contributed by atoms with Gasteiger partial charge in [-0.3, -0.25) is 9.59 Å². The van der Waals surface area contributed by atoms with Crippen molar-refractivity contribution in [1.82, 2.24) is 0 Å². The minimum Gasteiger partial charge on any atom is -0.482 e. The molecule has 5 nitrogen and oxygen atoms in total. The fourth-order valence-corrected chi connectivity index (χ4v) is 1.75. The van der Waals surface area contributed by atoms with Crippen LogP contribution >= 0.6 is 0 Å². The van der Waals surface area contributed by atoms with Crippen LogP contribution in [0.1, 0.15) is 15.9 Å². The van der Waals surface area contributed by atoms with Crippen LogP contribution in [0.3, 0.4) is 0 Å². The molecule has 0 unspecified atom stereocenters. The number of hydrogen-bond acceptors (Lipinski definition) is 4. The van der Waals surface area contributed by atoms with Gasteiger partial charge in [-0.15, -0.1) is 0 Å². The molecule has 0 aromatic heterocycles. The summed E-state index contributed by atoms with van der Waals surface area (Å²) in [5.74, 6) is 0.0948. The highest BCUT2D eigenvalue weighted by Crippen LogP contribution is 2.21. The number of carbonyl (C=O) groups excluding carboxylic acids is 2. The molecular weight excluding hydrogens is 268 g/mol. The van der Waals surface area contributed by atoms with Gasteiger partial charge in [-0.2, -0.15) is 0 Å². The fraction of sp³-hybridized carbons (Fsp3) is 0.125. The van der Waals surface area contributed by atoms with E-state index in [0.29, 0.717) is 29.0 Å². The SMILES string of the molecule is Cc1ccc(NC(=O)COc2ccc(C=O)cc2N)cc1. The number of benzene rings is 2. The summed E-state index contributed by atoms with van der Waals surface area (Å²) in [7, 11) is 0. The predicted molar refractivity (Wildman–Crippen MR) is 81.5 cm³/mol. The lowest BCUT2D eigenvalue weighted by Gasteiger charge is -2.10. The van der Waals surface area contributed by atoms with Crippen LogP contribution in [-0.2, 0) is 4.79 Å². The highest BCUT2D eigenvalue weighted by atomic mass is 16.5. The maximum atomic E-state index is 11.8. The average Bonchev–Trinajstić information content (AvgIpc) is 2.48. The highest BCUT2D eigenvalue weighted by molar-refractivity contribution is 5.92. The molecule has 0 saturated heterocycles. The van der Waals surface area contributed by atoms with Crippen LogP contribution in [0.5, 0.6) is 5.75 Å². The van der Waals surface area contributed by atoms with Crippen molar-refractivity contribution in [2.45, 2.75) is 6.92 Å². The van der Waals surface area contributed by atoms with Gasteiger partial charge in [-0.1, -0.05) is 17.7 Å². The molecule has 0 spiro atoms. The van der Waals surface area contributed by atoms with Crippen molar-refractivity contribution in [2.24, 2.45) is 0 Å². The molecule has 0 heterocycles. The molecule has 0 aliphatic heterocycles. The van der Waals surface area contributed by atoms with Gasteiger partial charge in [0.1, 0.15) is 12.0 Å². The van der Waals surface area contributed by atoms with Crippen LogP contribution in [0.25, 0.3) is 0 Å². The van der Waals surface area contributed by atoms with Crippen molar-refractivity contribution in [2.75, 3.05) is 17.7 Å². The lowest BCUT2D eigenvalue weighted by molar-refractivity contribution is -0.118. The van der Waals surface area contributed by atoms with E-state index in [-0.39, 0.29) is 12.5 Å². The van der Waals surface area contributed by atoms with Crippen molar-refractivity contribution in [3.8, 4) is 5.75 Å². The van der Waals surface area contributed by atoms with Crippen LogP contribution in [0.4, 0.5) is 11.4 Å². The van der Waals surface area contributed by atoms with Crippen LogP contribution in [-0.4, -0.2) is 18.8 Å². The topological polar surface area (TPSA) is 81.4 Å². The molecule has 0 fully saturated rings. The Kier molecular flexibility index (Phi) is 4.56. The van der Waals surface area contributed by atoms with E-state index < -0.39 is 0 Å². The number of aryl methyl sites for hydroxylation is 1. The van der Waals surface area contributed by atoms with E-state index in [0.717, 1.165) is 5.56 Å². The second-order valence-electron chi connectivity index (χ2n) is 4.62. The summed E-state index contributed by atoms with van der Waals surface area (Å²) in [6.45, 7) is 1.82. The number of hydrogen-bond donors (Lipinski definition) is 2. The zero-order valence-corrected chi connectivity index (χ0v) is 11.6. The summed E-state index contributed by atoms with van der Waals surface area (Å²) >= 11 is 0. The van der Waals surface area contributed by atoms with Gasteiger partial charge >= 0.3 is 0 Å². The molecule has 1 amide bonds. The molecule has 0 radical (unpaired) electrons. The Bertz CT molecular complexity index is 651. The molecular formula is C16H16N2O3. The van der Waals surface area contributed by atoms with Crippen molar-refractivity contribution >= 4 is 23.6 Å². The molecule has 0 saturated carbocycles. The molecule has 108 valence electrons. The van der Waals surface area contributed by atoms with E-state index in [9.17, 15) is 9.59 Å². The van der Waals surface area contributed by atoms with Gasteiger partial charge in [0.25, 0.3) is 5.91 Å². The maximum absolute atomic E-state index is 11.8. The third-order valence-electron chi connectivity index (χ3n) is 2.86. The zero-order chi connectivity index (χ0) is 15.2. The monoisotopic (exact) mass is 284 g/mol. The first-order valence-corrected chi connectivity index (χ1v) is 6.42. The Morgan fingerprint density at radius 2 is 1.95 bits per heavy atom. The second kappa shape index (κ2) is 6.56. The normalized spacial score (nSPS) is 9.95. The van der Waals surface area contributed by atoms with Crippen molar-refractivity contribution < 1.29 is 14.3 Å². The second-order valence-corrected chi connectivity index (χ2v) is 4.62. The Hall–Kier alpha value is -2.82. The molecule has 2 aromatic rings. The van der Waals surface area contributed by atoms with E-state index >= 15 is 0 Å². The standard InChI is InChI=1S/C16H16N2O3/c1-11-2-5-13(6-3-11)18-16(20)10-21-15-7-4-12(9-19)8-14(15)17/h2-9H,10,17H2,1H3,(H,18,20). The number of nitrogen functional groups attached to an aromatic ring is 1. The molecule has 21 heavy (non-hydrogen) atoms. The Morgan fingerprint density at radius 1 is 1.24 bits per heavy atom. The van der Waals surface area contributed by atoms with Crippen molar-refractivity contribution in [3.63, 3.8) is 0 Å². The van der Waals surface area contributed by atoms with Gasteiger partial charge in [0.05, 0.1) is 5.69 Å². The van der Waals surface area contributed by atoms with Crippen LogP contribution in [0.2, 0.25) is 0 Å². The van der Waals surface area contributed by atoms with Gasteiger partial charge < -0.3 is 15.8 Å². The highest BCUT2D eigenvalue weighted by Gasteiger charge is 2.06. The first-order chi connectivity index (χ1) is 10.1. The van der Waals surface area contributed by atoms with Gasteiger partial charge in [0.15, 0.2) is 6.61 Å². The first kappa shape index (κ1) is 14.6. The number of nitrogens with one attached hydrogen (secondary N) is 1. The third-order valence-corrected chi connectivity index (χ3v) is 2.86. The summed E-state index contributed by atoms with van der Waals surface area (Å²) < 4.78 is 5.34. The predicted octanol–water partition coefficient (Wildman–Crippen LogP) is 2.41. The third kappa shape index (κ3) is 4.07. The van der Waals surface area contributed by atoms with E-state index in [1.165, 1.54) is 6.07 Å². The summed E-state index contributed by atoms with van der Waals surface area (Å²) in [5.41, 5.74) is 8.35. The lowest BCUT2D eigenvalue weighted by Crippen LogP contribution is -2.20.